The van der Waals surface area contributed by atoms with Gasteiger partial charge in [-0.15, -0.1) is 11.3 Å². The lowest BCUT2D eigenvalue weighted by molar-refractivity contribution is 0.0960. The first-order valence-corrected chi connectivity index (χ1v) is 8.49. The van der Waals surface area contributed by atoms with E-state index in [1.807, 2.05) is 56.3 Å². The van der Waals surface area contributed by atoms with Crippen LogP contribution in [0.3, 0.4) is 0 Å². The molecule has 0 bridgehead atoms. The molecule has 0 unspecified atom stereocenters. The van der Waals surface area contributed by atoms with E-state index in [0.29, 0.717) is 11.4 Å². The number of methoxy groups -OCH3 is 1. The largest absolute Gasteiger partial charge is 0.497 e. The molecule has 1 aromatic carbocycles. The minimum absolute atomic E-state index is 0.0619. The Bertz CT molecular complexity index is 865. The molecule has 24 heavy (non-hydrogen) atoms. The van der Waals surface area contributed by atoms with Gasteiger partial charge in [-0.25, -0.2) is 4.98 Å². The van der Waals surface area contributed by atoms with Gasteiger partial charge in [-0.3, -0.25) is 9.36 Å². The number of nitrogens with one attached hydrogen (secondary N) is 1. The van der Waals surface area contributed by atoms with E-state index in [4.69, 9.17) is 4.74 Å². The fourth-order valence-electron chi connectivity index (χ4n) is 2.48. The van der Waals surface area contributed by atoms with Gasteiger partial charge in [-0.2, -0.15) is 0 Å². The maximum atomic E-state index is 12.1. The second-order valence-electron chi connectivity index (χ2n) is 5.50. The molecule has 0 radical (unpaired) electrons. The molecule has 0 spiro atoms. The summed E-state index contributed by atoms with van der Waals surface area (Å²) in [5.41, 5.74) is 1.80. The summed E-state index contributed by atoms with van der Waals surface area (Å²) in [5.74, 6) is 1.56. The van der Waals surface area contributed by atoms with E-state index >= 15 is 0 Å². The number of carbonyl (C=O) groups is 1. The van der Waals surface area contributed by atoms with Crippen molar-refractivity contribution >= 4 is 33.5 Å². The Morgan fingerprint density at radius 3 is 2.62 bits per heavy atom. The fourth-order valence-corrected chi connectivity index (χ4v) is 3.52. The smallest absolute Gasteiger partial charge is 0.261 e. The minimum Gasteiger partial charge on any atom is -0.497 e. The first-order valence-electron chi connectivity index (χ1n) is 7.67. The molecule has 0 aliphatic carbocycles. The topological polar surface area (TPSA) is 59.4 Å². The number of fused-ring (bicyclic) bond motifs is 1. The molecule has 1 N–H and O–H groups in total. The number of anilines is 1. The first-order chi connectivity index (χ1) is 11.5. The third-order valence-corrected chi connectivity index (χ3v) is 4.72. The lowest BCUT2D eigenvalue weighted by Gasteiger charge is -2.15. The number of nitrogens with zero attached hydrogens (tertiary/aromatic N) is 3. The van der Waals surface area contributed by atoms with Gasteiger partial charge in [-0.05, 0) is 37.3 Å². The van der Waals surface area contributed by atoms with Gasteiger partial charge < -0.3 is 15.0 Å². The van der Waals surface area contributed by atoms with Crippen LogP contribution in [-0.4, -0.2) is 43.2 Å². The van der Waals surface area contributed by atoms with Gasteiger partial charge in [-0.1, -0.05) is 0 Å². The Balaban J connectivity index is 2.14. The van der Waals surface area contributed by atoms with Crippen LogP contribution in [0, 0.1) is 0 Å². The molecule has 126 valence electrons. The predicted molar refractivity (Wildman–Crippen MR) is 97.8 cm³/mol. The van der Waals surface area contributed by atoms with E-state index in [1.165, 1.54) is 11.3 Å². The zero-order valence-corrected chi connectivity index (χ0v) is 15.0. The van der Waals surface area contributed by atoms with E-state index in [-0.39, 0.29) is 5.91 Å². The highest BCUT2D eigenvalue weighted by atomic mass is 32.1. The zero-order chi connectivity index (χ0) is 17.3. The third-order valence-electron chi connectivity index (χ3n) is 3.61. The van der Waals surface area contributed by atoms with Gasteiger partial charge in [0.05, 0.1) is 17.7 Å². The quantitative estimate of drug-likeness (QED) is 0.773. The lowest BCUT2D eigenvalue weighted by atomic mass is 10.3. The van der Waals surface area contributed by atoms with Gasteiger partial charge >= 0.3 is 0 Å². The van der Waals surface area contributed by atoms with Gasteiger partial charge in [0.25, 0.3) is 5.91 Å². The monoisotopic (exact) mass is 344 g/mol. The SMILES string of the molecule is CCNC(=O)c1cc2nc(N(C)C)n(-c3ccc(OC)cc3)c2s1. The van der Waals surface area contributed by atoms with Crippen LogP contribution >= 0.6 is 11.3 Å². The third kappa shape index (κ3) is 2.82. The van der Waals surface area contributed by atoms with E-state index in [1.54, 1.807) is 7.11 Å². The van der Waals surface area contributed by atoms with E-state index < -0.39 is 0 Å². The van der Waals surface area contributed by atoms with E-state index in [2.05, 4.69) is 14.9 Å². The van der Waals surface area contributed by atoms with E-state index in [9.17, 15) is 4.79 Å². The summed E-state index contributed by atoms with van der Waals surface area (Å²) in [6.45, 7) is 2.51. The van der Waals surface area contributed by atoms with Gasteiger partial charge in [0.1, 0.15) is 16.1 Å². The molecule has 0 fully saturated rings. The molecule has 0 aliphatic heterocycles. The van der Waals surface area contributed by atoms with Crippen LogP contribution in [0.25, 0.3) is 16.0 Å². The number of thiophene rings is 1. The zero-order valence-electron chi connectivity index (χ0n) is 14.2. The van der Waals surface area contributed by atoms with Crippen molar-refractivity contribution in [1.82, 2.24) is 14.9 Å². The lowest BCUT2D eigenvalue weighted by Crippen LogP contribution is -2.21. The number of carbonyl (C=O) groups excluding carboxylic acids is 1. The Morgan fingerprint density at radius 1 is 1.33 bits per heavy atom. The molecular weight excluding hydrogens is 324 g/mol. The molecule has 2 aromatic heterocycles. The summed E-state index contributed by atoms with van der Waals surface area (Å²) in [5, 5.41) is 2.83. The Morgan fingerprint density at radius 2 is 2.04 bits per heavy atom. The Kier molecular flexibility index (Phi) is 4.44. The molecule has 2 heterocycles. The highest BCUT2D eigenvalue weighted by Gasteiger charge is 2.19. The molecule has 7 heteroatoms. The second kappa shape index (κ2) is 6.52. The number of hydrogen-bond acceptors (Lipinski definition) is 5. The molecular formula is C17H20N4O2S. The van der Waals surface area contributed by atoms with Crippen molar-refractivity contribution in [2.75, 3.05) is 32.6 Å². The molecule has 0 atom stereocenters. The number of aromatic nitrogens is 2. The molecule has 3 aromatic rings. The van der Waals surface area contributed by atoms with Crippen LogP contribution < -0.4 is 15.0 Å². The summed E-state index contributed by atoms with van der Waals surface area (Å²) < 4.78 is 7.29. The molecule has 3 rings (SSSR count). The molecule has 1 amide bonds. The second-order valence-corrected chi connectivity index (χ2v) is 6.53. The van der Waals surface area contributed by atoms with Crippen LogP contribution in [0.5, 0.6) is 5.75 Å². The van der Waals surface area contributed by atoms with Gasteiger partial charge in [0.2, 0.25) is 5.95 Å². The number of imidazole rings is 1. The van der Waals surface area contributed by atoms with Crippen molar-refractivity contribution in [3.63, 3.8) is 0 Å². The number of hydrogen-bond donors (Lipinski definition) is 1. The number of benzene rings is 1. The number of ether oxygens (including phenoxy) is 1. The normalized spacial score (nSPS) is 10.8. The molecule has 0 saturated carbocycles. The number of amides is 1. The van der Waals surface area contributed by atoms with Crippen LogP contribution in [-0.2, 0) is 0 Å². The molecule has 0 saturated heterocycles. The highest BCUT2D eigenvalue weighted by molar-refractivity contribution is 7.20. The Hall–Kier alpha value is -2.54. The van der Waals surface area contributed by atoms with Crippen molar-refractivity contribution < 1.29 is 9.53 Å². The average molecular weight is 344 g/mol. The van der Waals surface area contributed by atoms with Crippen molar-refractivity contribution in [2.24, 2.45) is 0 Å². The predicted octanol–water partition coefficient (Wildman–Crippen LogP) is 2.91. The van der Waals surface area contributed by atoms with E-state index in [0.717, 1.165) is 27.7 Å². The van der Waals surface area contributed by atoms with Crippen LogP contribution in [0.2, 0.25) is 0 Å². The Labute approximate surface area is 144 Å². The van der Waals surface area contributed by atoms with Crippen molar-refractivity contribution in [2.45, 2.75) is 6.92 Å². The highest BCUT2D eigenvalue weighted by Crippen LogP contribution is 2.33. The first kappa shape index (κ1) is 16.3. The summed E-state index contributed by atoms with van der Waals surface area (Å²) in [6, 6.07) is 9.65. The van der Waals surface area contributed by atoms with Crippen molar-refractivity contribution in [3.8, 4) is 11.4 Å². The summed E-state index contributed by atoms with van der Waals surface area (Å²) in [6.07, 6.45) is 0. The van der Waals surface area contributed by atoms with Crippen LogP contribution in [0.1, 0.15) is 16.6 Å². The van der Waals surface area contributed by atoms with Crippen LogP contribution in [0.4, 0.5) is 5.95 Å². The minimum atomic E-state index is -0.0619. The molecule has 6 nitrogen and oxygen atoms in total. The average Bonchev–Trinajstić information content (AvgIpc) is 3.13. The fraction of sp³-hybridized carbons (Fsp3) is 0.294. The standard InChI is InChI=1S/C17H20N4O2S/c1-5-18-15(22)14-10-13-16(24-14)21(17(19-13)20(2)3)11-6-8-12(23-4)9-7-11/h6-10H,5H2,1-4H3,(H,18,22). The van der Waals surface area contributed by atoms with Crippen molar-refractivity contribution in [3.05, 3.63) is 35.2 Å². The van der Waals surface area contributed by atoms with Crippen LogP contribution in [0.15, 0.2) is 30.3 Å². The van der Waals surface area contributed by atoms with Gasteiger partial charge in [0.15, 0.2) is 0 Å². The maximum absolute atomic E-state index is 12.1. The number of rotatable bonds is 5. The summed E-state index contributed by atoms with van der Waals surface area (Å²) in [7, 11) is 5.56. The molecule has 0 aliphatic rings. The summed E-state index contributed by atoms with van der Waals surface area (Å²) in [4.78, 5) is 20.4. The maximum Gasteiger partial charge on any atom is 0.261 e. The summed E-state index contributed by atoms with van der Waals surface area (Å²) >= 11 is 1.45. The van der Waals surface area contributed by atoms with Gasteiger partial charge in [0, 0.05) is 20.6 Å². The van der Waals surface area contributed by atoms with Crippen molar-refractivity contribution in [1.29, 1.82) is 0 Å².